The highest BCUT2D eigenvalue weighted by atomic mass is 127. The predicted molar refractivity (Wildman–Crippen MR) is 107 cm³/mol. The lowest BCUT2D eigenvalue weighted by Crippen LogP contribution is -2.53. The molecular formula is C13H26IN5O2S2. The molecule has 3 N–H and O–H groups in total. The van der Waals surface area contributed by atoms with Crippen LogP contribution in [-0.2, 0) is 16.4 Å². The Morgan fingerprint density at radius 3 is 2.52 bits per heavy atom. The Morgan fingerprint density at radius 1 is 1.39 bits per heavy atom. The van der Waals surface area contributed by atoms with Gasteiger partial charge in [-0.2, -0.15) is 0 Å². The number of aliphatic imine (C=N–C) groups is 1. The maximum Gasteiger partial charge on any atom is 0.209 e. The van der Waals surface area contributed by atoms with Crippen molar-refractivity contribution >= 4 is 51.3 Å². The van der Waals surface area contributed by atoms with Gasteiger partial charge in [0, 0.05) is 37.5 Å². The van der Waals surface area contributed by atoms with Gasteiger partial charge in [0.15, 0.2) is 5.96 Å². The Balaban J connectivity index is 0.00000484. The van der Waals surface area contributed by atoms with E-state index in [1.165, 1.54) is 0 Å². The SMILES string of the molecule is CN=C(NCCc1csc(C)n1)NCC(C)(C)NS(C)(=O)=O.I. The normalized spacial score (nSPS) is 12.7. The summed E-state index contributed by atoms with van der Waals surface area (Å²) in [4.78, 5) is 8.52. The van der Waals surface area contributed by atoms with Gasteiger partial charge in [0.1, 0.15) is 0 Å². The third-order valence-corrected chi connectivity index (χ3v) is 4.47. The molecule has 0 spiro atoms. The van der Waals surface area contributed by atoms with E-state index in [4.69, 9.17) is 0 Å². The topological polar surface area (TPSA) is 95.5 Å². The Labute approximate surface area is 159 Å². The molecular weight excluding hydrogens is 449 g/mol. The van der Waals surface area contributed by atoms with E-state index in [0.29, 0.717) is 19.0 Å². The second kappa shape index (κ2) is 9.74. The average Bonchev–Trinajstić information content (AvgIpc) is 2.76. The van der Waals surface area contributed by atoms with Crippen LogP contribution < -0.4 is 15.4 Å². The molecule has 0 saturated heterocycles. The zero-order valence-electron chi connectivity index (χ0n) is 14.1. The highest BCUT2D eigenvalue weighted by Gasteiger charge is 2.22. The van der Waals surface area contributed by atoms with Crippen LogP contribution >= 0.6 is 35.3 Å². The molecule has 1 heterocycles. The Morgan fingerprint density at radius 2 is 2.04 bits per heavy atom. The molecule has 0 fully saturated rings. The van der Waals surface area contributed by atoms with Crippen LogP contribution in [0.5, 0.6) is 0 Å². The van der Waals surface area contributed by atoms with Crippen molar-refractivity contribution in [1.29, 1.82) is 0 Å². The Bertz CT molecular complexity index is 614. The summed E-state index contributed by atoms with van der Waals surface area (Å²) >= 11 is 1.64. The van der Waals surface area contributed by atoms with E-state index >= 15 is 0 Å². The first-order valence-electron chi connectivity index (χ1n) is 6.96. The fraction of sp³-hybridized carbons (Fsp3) is 0.692. The van der Waals surface area contributed by atoms with Crippen molar-refractivity contribution in [1.82, 2.24) is 20.3 Å². The van der Waals surface area contributed by atoms with Crippen LogP contribution in [0.15, 0.2) is 10.4 Å². The molecule has 0 bridgehead atoms. The molecule has 0 aliphatic heterocycles. The molecule has 0 unspecified atom stereocenters. The van der Waals surface area contributed by atoms with Crippen molar-refractivity contribution in [2.24, 2.45) is 4.99 Å². The second-order valence-electron chi connectivity index (χ2n) is 5.72. The van der Waals surface area contributed by atoms with Crippen LogP contribution in [0.4, 0.5) is 0 Å². The molecule has 0 atom stereocenters. The van der Waals surface area contributed by atoms with Crippen LogP contribution in [0, 0.1) is 6.92 Å². The number of halogens is 1. The minimum Gasteiger partial charge on any atom is -0.356 e. The van der Waals surface area contributed by atoms with Crippen LogP contribution in [0.3, 0.4) is 0 Å². The van der Waals surface area contributed by atoms with E-state index in [-0.39, 0.29) is 24.0 Å². The average molecular weight is 475 g/mol. The maximum absolute atomic E-state index is 11.3. The number of nitrogens with one attached hydrogen (secondary N) is 3. The molecule has 0 aliphatic carbocycles. The van der Waals surface area contributed by atoms with E-state index in [2.05, 4.69) is 25.3 Å². The fourth-order valence-corrected chi connectivity index (χ4v) is 3.62. The lowest BCUT2D eigenvalue weighted by atomic mass is 10.1. The van der Waals surface area contributed by atoms with Gasteiger partial charge in [-0.25, -0.2) is 18.1 Å². The summed E-state index contributed by atoms with van der Waals surface area (Å²) in [5.41, 5.74) is 0.460. The summed E-state index contributed by atoms with van der Waals surface area (Å²) in [6, 6.07) is 0. The van der Waals surface area contributed by atoms with Crippen molar-refractivity contribution in [3.8, 4) is 0 Å². The van der Waals surface area contributed by atoms with E-state index < -0.39 is 15.6 Å². The van der Waals surface area contributed by atoms with Crippen molar-refractivity contribution in [3.05, 3.63) is 16.1 Å². The van der Waals surface area contributed by atoms with Crippen LogP contribution in [0.25, 0.3) is 0 Å². The molecule has 10 heteroatoms. The van der Waals surface area contributed by atoms with Gasteiger partial charge in [-0.15, -0.1) is 35.3 Å². The fourth-order valence-electron chi connectivity index (χ4n) is 1.90. The Hall–Kier alpha value is -0.460. The van der Waals surface area contributed by atoms with Gasteiger partial charge in [0.25, 0.3) is 0 Å². The number of aromatic nitrogens is 1. The molecule has 134 valence electrons. The van der Waals surface area contributed by atoms with Gasteiger partial charge in [-0.3, -0.25) is 4.99 Å². The van der Waals surface area contributed by atoms with Crippen LogP contribution in [-0.4, -0.2) is 51.3 Å². The van der Waals surface area contributed by atoms with Gasteiger partial charge in [-0.1, -0.05) is 0 Å². The summed E-state index contributed by atoms with van der Waals surface area (Å²) in [6.07, 6.45) is 1.97. The monoisotopic (exact) mass is 475 g/mol. The number of rotatable bonds is 7. The molecule has 0 radical (unpaired) electrons. The van der Waals surface area contributed by atoms with Crippen molar-refractivity contribution in [2.75, 3.05) is 26.4 Å². The summed E-state index contributed by atoms with van der Waals surface area (Å²) in [6.45, 7) is 6.75. The molecule has 23 heavy (non-hydrogen) atoms. The summed E-state index contributed by atoms with van der Waals surface area (Å²) in [5.74, 6) is 0.635. The molecule has 0 amide bonds. The molecule has 1 aromatic rings. The van der Waals surface area contributed by atoms with Gasteiger partial charge in [0.2, 0.25) is 10.0 Å². The smallest absolute Gasteiger partial charge is 0.209 e. The molecule has 1 aromatic heterocycles. The predicted octanol–water partition coefficient (Wildman–Crippen LogP) is 1.10. The third-order valence-electron chi connectivity index (χ3n) is 2.72. The quantitative estimate of drug-likeness (QED) is 0.312. The number of nitrogens with zero attached hydrogens (tertiary/aromatic N) is 2. The van der Waals surface area contributed by atoms with Gasteiger partial charge in [-0.05, 0) is 20.8 Å². The highest BCUT2D eigenvalue weighted by Crippen LogP contribution is 2.07. The van der Waals surface area contributed by atoms with E-state index in [0.717, 1.165) is 23.4 Å². The minimum atomic E-state index is -3.24. The first-order valence-corrected chi connectivity index (χ1v) is 9.73. The number of thiazole rings is 1. The lowest BCUT2D eigenvalue weighted by Gasteiger charge is -2.26. The standard InChI is InChI=1S/C13H25N5O2S2.HI/c1-10-17-11(8-21-10)6-7-15-12(14-4)16-9-13(2,3)18-22(5,19)20;/h8,18H,6-7,9H2,1-5H3,(H2,14,15,16);1H. The van der Waals surface area contributed by atoms with Gasteiger partial charge >= 0.3 is 0 Å². The first-order chi connectivity index (χ1) is 10.1. The zero-order valence-corrected chi connectivity index (χ0v) is 18.1. The number of hydrogen-bond acceptors (Lipinski definition) is 5. The van der Waals surface area contributed by atoms with Crippen molar-refractivity contribution < 1.29 is 8.42 Å². The Kier molecular flexibility index (Phi) is 9.55. The van der Waals surface area contributed by atoms with E-state index in [1.54, 1.807) is 18.4 Å². The number of aryl methyl sites for hydroxylation is 1. The lowest BCUT2D eigenvalue weighted by molar-refractivity contribution is 0.446. The second-order valence-corrected chi connectivity index (χ2v) is 8.53. The van der Waals surface area contributed by atoms with E-state index in [9.17, 15) is 8.42 Å². The molecule has 0 aromatic carbocycles. The molecule has 0 saturated carbocycles. The summed E-state index contributed by atoms with van der Waals surface area (Å²) < 4.78 is 25.2. The van der Waals surface area contributed by atoms with Gasteiger partial charge in [0.05, 0.1) is 17.0 Å². The summed E-state index contributed by atoms with van der Waals surface area (Å²) in [7, 11) is -1.56. The summed E-state index contributed by atoms with van der Waals surface area (Å²) in [5, 5.41) is 9.42. The third kappa shape index (κ3) is 10.1. The molecule has 0 aliphatic rings. The number of guanidine groups is 1. The maximum atomic E-state index is 11.3. The zero-order chi connectivity index (χ0) is 16.8. The number of sulfonamides is 1. The van der Waals surface area contributed by atoms with Crippen molar-refractivity contribution in [3.63, 3.8) is 0 Å². The highest BCUT2D eigenvalue weighted by molar-refractivity contribution is 14.0. The first kappa shape index (κ1) is 22.5. The largest absolute Gasteiger partial charge is 0.356 e. The number of hydrogen-bond donors (Lipinski definition) is 3. The molecule has 7 nitrogen and oxygen atoms in total. The molecule has 1 rings (SSSR count). The minimum absolute atomic E-state index is 0. The van der Waals surface area contributed by atoms with E-state index in [1.807, 2.05) is 26.2 Å². The van der Waals surface area contributed by atoms with Gasteiger partial charge < -0.3 is 10.6 Å². The van der Waals surface area contributed by atoms with Crippen molar-refractivity contribution in [2.45, 2.75) is 32.7 Å². The van der Waals surface area contributed by atoms with Crippen LogP contribution in [0.1, 0.15) is 24.5 Å². The van der Waals surface area contributed by atoms with Crippen LogP contribution in [0.2, 0.25) is 0 Å².